The van der Waals surface area contributed by atoms with Gasteiger partial charge in [-0.25, -0.2) is 4.39 Å². The molecule has 0 bridgehead atoms. The number of amides is 1. The minimum atomic E-state index is -0.619. The molecule has 1 fully saturated rings. The number of unbranched alkanes of at least 4 members (excludes halogenated alkanes) is 3. The second-order valence-corrected chi connectivity index (χ2v) is 9.65. The van der Waals surface area contributed by atoms with Crippen LogP contribution in [0.3, 0.4) is 0 Å². The van der Waals surface area contributed by atoms with Gasteiger partial charge in [0.2, 0.25) is 5.76 Å². The van der Waals surface area contributed by atoms with Crippen molar-refractivity contribution < 1.29 is 23.1 Å². The molecule has 3 aromatic rings. The van der Waals surface area contributed by atoms with Gasteiger partial charge in [0.15, 0.2) is 5.43 Å². The molecule has 1 amide bonds. The zero-order chi connectivity index (χ0) is 25.8. The number of rotatable bonds is 10. The van der Waals surface area contributed by atoms with Crippen LogP contribution >= 0.6 is 0 Å². The fourth-order valence-electron chi connectivity index (χ4n) is 5.11. The number of morpholine rings is 1. The third-order valence-corrected chi connectivity index (χ3v) is 7.15. The average Bonchev–Trinajstić information content (AvgIpc) is 3.20. The summed E-state index contributed by atoms with van der Waals surface area (Å²) in [5.74, 6) is -0.0670. The molecule has 1 saturated heterocycles. The van der Waals surface area contributed by atoms with Crippen LogP contribution < -0.4 is 10.2 Å². The van der Waals surface area contributed by atoms with E-state index in [1.54, 1.807) is 4.90 Å². The summed E-state index contributed by atoms with van der Waals surface area (Å²) >= 11 is 0. The van der Waals surface area contributed by atoms with E-state index in [4.69, 9.17) is 13.9 Å². The Kier molecular flexibility index (Phi) is 7.86. The first kappa shape index (κ1) is 25.4. The number of fused-ring (bicyclic) bond motifs is 2. The van der Waals surface area contributed by atoms with E-state index in [2.05, 4.69) is 11.8 Å². The second-order valence-electron chi connectivity index (χ2n) is 9.65. The van der Waals surface area contributed by atoms with Gasteiger partial charge in [-0.05, 0) is 42.3 Å². The van der Waals surface area contributed by atoms with Crippen LogP contribution in [0.2, 0.25) is 0 Å². The van der Waals surface area contributed by atoms with Gasteiger partial charge in [-0.2, -0.15) is 0 Å². The molecule has 1 atom stereocenters. The van der Waals surface area contributed by atoms with Gasteiger partial charge in [0.1, 0.15) is 17.1 Å². The molecule has 0 aliphatic carbocycles. The van der Waals surface area contributed by atoms with E-state index in [-0.39, 0.29) is 33.6 Å². The maximum absolute atomic E-state index is 14.0. The summed E-state index contributed by atoms with van der Waals surface area (Å²) in [7, 11) is 0. The summed E-state index contributed by atoms with van der Waals surface area (Å²) in [5.41, 5.74) is 0.882. The van der Waals surface area contributed by atoms with Crippen molar-refractivity contribution in [3.63, 3.8) is 0 Å². The molecular formula is C29H33FN2O5. The molecule has 5 rings (SSSR count). The highest BCUT2D eigenvalue weighted by atomic mass is 19.1. The lowest BCUT2D eigenvalue weighted by Crippen LogP contribution is -2.42. The van der Waals surface area contributed by atoms with Gasteiger partial charge in [-0.15, -0.1) is 0 Å². The zero-order valence-corrected chi connectivity index (χ0v) is 21.2. The van der Waals surface area contributed by atoms with Crippen LogP contribution in [0, 0.1) is 5.82 Å². The molecule has 1 unspecified atom stereocenters. The fourth-order valence-corrected chi connectivity index (χ4v) is 5.11. The van der Waals surface area contributed by atoms with E-state index >= 15 is 0 Å². The minimum Gasteiger partial charge on any atom is -0.494 e. The van der Waals surface area contributed by atoms with Crippen molar-refractivity contribution in [1.29, 1.82) is 0 Å². The van der Waals surface area contributed by atoms with Crippen molar-refractivity contribution in [3.05, 3.63) is 75.4 Å². The number of carbonyl (C=O) groups excluding carboxylic acids is 1. The normalized spacial score (nSPS) is 17.9. The molecule has 8 heteroatoms. The Bertz CT molecular complexity index is 1300. The van der Waals surface area contributed by atoms with E-state index in [9.17, 15) is 14.0 Å². The molecule has 0 N–H and O–H groups in total. The van der Waals surface area contributed by atoms with Gasteiger partial charge in [-0.3, -0.25) is 14.5 Å². The Morgan fingerprint density at radius 3 is 2.54 bits per heavy atom. The number of nitrogens with zero attached hydrogens (tertiary/aromatic N) is 2. The molecule has 3 heterocycles. The van der Waals surface area contributed by atoms with Gasteiger partial charge in [0.25, 0.3) is 5.91 Å². The van der Waals surface area contributed by atoms with E-state index in [0.29, 0.717) is 32.9 Å². The first-order valence-electron chi connectivity index (χ1n) is 13.2. The standard InChI is InChI=1S/C29H33FN2O5/c1-2-3-4-5-16-36-22-9-6-20(7-10-22)26-25-27(33)23-19-21(30)8-11-24(23)37-28(25)29(34)32(26)13-12-31-14-17-35-18-15-31/h6-11,19,26H,2-5,12-18H2,1H3. The van der Waals surface area contributed by atoms with E-state index < -0.39 is 11.9 Å². The van der Waals surface area contributed by atoms with Crippen molar-refractivity contribution >= 4 is 16.9 Å². The van der Waals surface area contributed by atoms with Crippen molar-refractivity contribution in [2.45, 2.75) is 38.6 Å². The van der Waals surface area contributed by atoms with E-state index in [1.165, 1.54) is 31.0 Å². The number of hydrogen-bond donors (Lipinski definition) is 0. The summed E-state index contributed by atoms with van der Waals surface area (Å²) in [6.07, 6.45) is 4.51. The van der Waals surface area contributed by atoms with Crippen molar-refractivity contribution in [2.75, 3.05) is 46.0 Å². The van der Waals surface area contributed by atoms with Crippen molar-refractivity contribution in [2.24, 2.45) is 0 Å². The predicted octanol–water partition coefficient (Wildman–Crippen LogP) is 4.77. The highest BCUT2D eigenvalue weighted by Gasteiger charge is 2.42. The van der Waals surface area contributed by atoms with Crippen LogP contribution in [0.4, 0.5) is 4.39 Å². The maximum Gasteiger partial charge on any atom is 0.290 e. The lowest BCUT2D eigenvalue weighted by molar-refractivity contribution is 0.0314. The number of hydrogen-bond acceptors (Lipinski definition) is 6. The molecule has 0 spiro atoms. The molecule has 7 nitrogen and oxygen atoms in total. The molecule has 2 aliphatic heterocycles. The van der Waals surface area contributed by atoms with Crippen LogP contribution in [0.1, 0.15) is 60.3 Å². The number of benzene rings is 2. The summed E-state index contributed by atoms with van der Waals surface area (Å²) < 4.78 is 31.2. The Morgan fingerprint density at radius 2 is 1.78 bits per heavy atom. The Morgan fingerprint density at radius 1 is 1.00 bits per heavy atom. The molecule has 0 saturated carbocycles. The average molecular weight is 509 g/mol. The minimum absolute atomic E-state index is 0.0346. The molecule has 2 aliphatic rings. The molecular weight excluding hydrogens is 475 g/mol. The lowest BCUT2D eigenvalue weighted by atomic mass is 9.98. The molecule has 0 radical (unpaired) electrons. The predicted molar refractivity (Wildman–Crippen MR) is 139 cm³/mol. The largest absolute Gasteiger partial charge is 0.494 e. The van der Waals surface area contributed by atoms with Gasteiger partial charge >= 0.3 is 0 Å². The SMILES string of the molecule is CCCCCCOc1ccc(C2c3c(oc4ccc(F)cc4c3=O)C(=O)N2CCN2CCOCC2)cc1. The summed E-state index contributed by atoms with van der Waals surface area (Å²) in [6.45, 7) is 6.82. The number of carbonyl (C=O) groups is 1. The maximum atomic E-state index is 14.0. The number of halogens is 1. The Hall–Kier alpha value is -3.23. The van der Waals surface area contributed by atoms with Crippen LogP contribution in [0.15, 0.2) is 51.7 Å². The lowest BCUT2D eigenvalue weighted by Gasteiger charge is -2.31. The molecule has 2 aromatic carbocycles. The molecule has 1 aromatic heterocycles. The van der Waals surface area contributed by atoms with Gasteiger partial charge in [-0.1, -0.05) is 38.3 Å². The fraction of sp³-hybridized carbons (Fsp3) is 0.448. The van der Waals surface area contributed by atoms with E-state index in [0.717, 1.165) is 37.2 Å². The van der Waals surface area contributed by atoms with E-state index in [1.807, 2.05) is 24.3 Å². The third-order valence-electron chi connectivity index (χ3n) is 7.15. The van der Waals surface area contributed by atoms with Gasteiger partial charge in [0.05, 0.1) is 36.8 Å². The van der Waals surface area contributed by atoms with Crippen molar-refractivity contribution in [1.82, 2.24) is 9.80 Å². The topological polar surface area (TPSA) is 72.2 Å². The second kappa shape index (κ2) is 11.4. The Balaban J connectivity index is 1.45. The van der Waals surface area contributed by atoms with Crippen LogP contribution in [0.25, 0.3) is 11.0 Å². The summed E-state index contributed by atoms with van der Waals surface area (Å²) in [5, 5.41) is 0.138. The first-order chi connectivity index (χ1) is 18.1. The molecule has 37 heavy (non-hydrogen) atoms. The molecule has 196 valence electrons. The quantitative estimate of drug-likeness (QED) is 0.368. The van der Waals surface area contributed by atoms with Crippen LogP contribution in [-0.4, -0.2) is 61.7 Å². The highest BCUT2D eigenvalue weighted by Crippen LogP contribution is 2.38. The Labute approximate surface area is 215 Å². The summed E-state index contributed by atoms with van der Waals surface area (Å²) in [4.78, 5) is 31.1. The monoisotopic (exact) mass is 508 g/mol. The smallest absolute Gasteiger partial charge is 0.290 e. The third kappa shape index (κ3) is 5.40. The zero-order valence-electron chi connectivity index (χ0n) is 21.2. The van der Waals surface area contributed by atoms with Gasteiger partial charge < -0.3 is 18.8 Å². The van der Waals surface area contributed by atoms with Crippen LogP contribution in [-0.2, 0) is 4.74 Å². The van der Waals surface area contributed by atoms with Crippen LogP contribution in [0.5, 0.6) is 5.75 Å². The van der Waals surface area contributed by atoms with Gasteiger partial charge in [0, 0.05) is 26.2 Å². The van der Waals surface area contributed by atoms with Crippen molar-refractivity contribution in [3.8, 4) is 5.75 Å². The highest BCUT2D eigenvalue weighted by molar-refractivity contribution is 5.99. The number of ether oxygens (including phenoxy) is 2. The first-order valence-corrected chi connectivity index (χ1v) is 13.2. The summed E-state index contributed by atoms with van der Waals surface area (Å²) in [6, 6.07) is 10.7.